The summed E-state index contributed by atoms with van der Waals surface area (Å²) in [7, 11) is 0. The van der Waals surface area contributed by atoms with Crippen molar-refractivity contribution >= 4 is 0 Å². The molecule has 0 radical (unpaired) electrons. The lowest BCUT2D eigenvalue weighted by Gasteiger charge is -2.24. The SMILES string of the molecule is CCn1nccc1CNC1CCCCCC1CO. The van der Waals surface area contributed by atoms with Crippen LogP contribution in [0.15, 0.2) is 12.3 Å². The van der Waals surface area contributed by atoms with E-state index in [1.165, 1.54) is 31.4 Å². The minimum absolute atomic E-state index is 0.310. The van der Waals surface area contributed by atoms with Gasteiger partial charge < -0.3 is 10.4 Å². The monoisotopic (exact) mass is 251 g/mol. The molecule has 2 atom stereocenters. The number of aryl methyl sites for hydroxylation is 1. The van der Waals surface area contributed by atoms with E-state index in [0.29, 0.717) is 18.6 Å². The highest BCUT2D eigenvalue weighted by atomic mass is 16.3. The molecule has 4 nitrogen and oxygen atoms in total. The lowest BCUT2D eigenvalue weighted by atomic mass is 9.95. The first kappa shape index (κ1) is 13.6. The Bertz CT molecular complexity index is 351. The maximum Gasteiger partial charge on any atom is 0.0522 e. The van der Waals surface area contributed by atoms with Crippen molar-refractivity contribution in [3.05, 3.63) is 18.0 Å². The predicted octanol–water partition coefficient (Wildman–Crippen LogP) is 1.93. The van der Waals surface area contributed by atoms with E-state index in [4.69, 9.17) is 0 Å². The van der Waals surface area contributed by atoms with E-state index < -0.39 is 0 Å². The van der Waals surface area contributed by atoms with Crippen molar-refractivity contribution in [2.24, 2.45) is 5.92 Å². The molecule has 1 aliphatic rings. The van der Waals surface area contributed by atoms with Crippen LogP contribution in [0.3, 0.4) is 0 Å². The maximum absolute atomic E-state index is 9.49. The van der Waals surface area contributed by atoms with E-state index in [9.17, 15) is 5.11 Å². The summed E-state index contributed by atoms with van der Waals surface area (Å²) in [5, 5.41) is 17.4. The molecule has 1 aromatic heterocycles. The largest absolute Gasteiger partial charge is 0.396 e. The Kier molecular flexibility index (Phi) is 5.20. The number of nitrogens with one attached hydrogen (secondary N) is 1. The molecule has 1 aliphatic carbocycles. The molecule has 2 rings (SSSR count). The fourth-order valence-electron chi connectivity index (χ4n) is 2.90. The lowest BCUT2D eigenvalue weighted by molar-refractivity contribution is 0.180. The molecule has 0 aliphatic heterocycles. The highest BCUT2D eigenvalue weighted by Gasteiger charge is 2.22. The number of aliphatic hydroxyl groups is 1. The van der Waals surface area contributed by atoms with E-state index >= 15 is 0 Å². The second-order valence-electron chi connectivity index (χ2n) is 5.21. The van der Waals surface area contributed by atoms with Crippen LogP contribution >= 0.6 is 0 Å². The molecule has 0 bridgehead atoms. The summed E-state index contributed by atoms with van der Waals surface area (Å²) in [6.07, 6.45) is 8.04. The third-order valence-electron chi connectivity index (χ3n) is 4.04. The van der Waals surface area contributed by atoms with Crippen LogP contribution < -0.4 is 5.32 Å². The van der Waals surface area contributed by atoms with Crippen molar-refractivity contribution in [1.82, 2.24) is 15.1 Å². The molecule has 102 valence electrons. The van der Waals surface area contributed by atoms with Gasteiger partial charge in [-0.1, -0.05) is 19.3 Å². The Hall–Kier alpha value is -0.870. The van der Waals surface area contributed by atoms with Crippen molar-refractivity contribution in [3.63, 3.8) is 0 Å². The Morgan fingerprint density at radius 2 is 2.22 bits per heavy atom. The van der Waals surface area contributed by atoms with E-state index in [1.54, 1.807) is 0 Å². The van der Waals surface area contributed by atoms with Gasteiger partial charge >= 0.3 is 0 Å². The highest BCUT2D eigenvalue weighted by molar-refractivity contribution is 5.00. The zero-order valence-electron chi connectivity index (χ0n) is 11.3. The molecule has 0 amide bonds. The molecule has 1 heterocycles. The Morgan fingerprint density at radius 1 is 1.39 bits per heavy atom. The molecular formula is C14H25N3O. The molecule has 2 unspecified atom stereocenters. The molecule has 0 saturated heterocycles. The second kappa shape index (κ2) is 6.90. The maximum atomic E-state index is 9.49. The third-order valence-corrected chi connectivity index (χ3v) is 4.04. The quantitative estimate of drug-likeness (QED) is 0.786. The molecule has 0 spiro atoms. The molecular weight excluding hydrogens is 226 g/mol. The zero-order chi connectivity index (χ0) is 12.8. The van der Waals surface area contributed by atoms with Gasteiger partial charge in [-0.3, -0.25) is 4.68 Å². The number of rotatable bonds is 5. The number of hydrogen-bond donors (Lipinski definition) is 2. The van der Waals surface area contributed by atoms with Crippen LogP contribution in [0.4, 0.5) is 0 Å². The van der Waals surface area contributed by atoms with Crippen molar-refractivity contribution < 1.29 is 5.11 Å². The topological polar surface area (TPSA) is 50.1 Å². The van der Waals surface area contributed by atoms with Gasteiger partial charge in [0.25, 0.3) is 0 Å². The number of hydrogen-bond acceptors (Lipinski definition) is 3. The van der Waals surface area contributed by atoms with E-state index in [1.807, 2.05) is 10.9 Å². The van der Waals surface area contributed by atoms with Gasteiger partial charge in [-0.15, -0.1) is 0 Å². The van der Waals surface area contributed by atoms with Crippen molar-refractivity contribution in [3.8, 4) is 0 Å². The second-order valence-corrected chi connectivity index (χ2v) is 5.21. The molecule has 1 aromatic rings. The molecule has 1 saturated carbocycles. The average molecular weight is 251 g/mol. The molecule has 18 heavy (non-hydrogen) atoms. The van der Waals surface area contributed by atoms with Crippen LogP contribution in [0.25, 0.3) is 0 Å². The van der Waals surface area contributed by atoms with Crippen molar-refractivity contribution in [2.45, 2.75) is 58.2 Å². The van der Waals surface area contributed by atoms with Gasteiger partial charge in [-0.2, -0.15) is 5.10 Å². The van der Waals surface area contributed by atoms with E-state index in [2.05, 4.69) is 23.4 Å². The molecule has 1 fully saturated rings. The van der Waals surface area contributed by atoms with E-state index in [0.717, 1.165) is 19.5 Å². The summed E-state index contributed by atoms with van der Waals surface area (Å²) in [5.41, 5.74) is 1.23. The van der Waals surface area contributed by atoms with Gasteiger partial charge in [0.15, 0.2) is 0 Å². The Balaban J connectivity index is 1.91. The number of aliphatic hydroxyl groups excluding tert-OH is 1. The number of aromatic nitrogens is 2. The lowest BCUT2D eigenvalue weighted by Crippen LogP contribution is -2.37. The fourth-order valence-corrected chi connectivity index (χ4v) is 2.90. The van der Waals surface area contributed by atoms with Gasteiger partial charge in [0.05, 0.1) is 5.69 Å². The standard InChI is InChI=1S/C14H25N3O/c1-2-17-13(8-9-16-17)10-15-14-7-5-3-4-6-12(14)11-18/h8-9,12,14-15,18H,2-7,10-11H2,1H3. The zero-order valence-corrected chi connectivity index (χ0v) is 11.3. The first-order valence-electron chi connectivity index (χ1n) is 7.20. The average Bonchev–Trinajstić information content (AvgIpc) is 2.73. The van der Waals surface area contributed by atoms with E-state index in [-0.39, 0.29) is 0 Å². The first-order chi connectivity index (χ1) is 8.85. The normalized spacial score (nSPS) is 25.0. The summed E-state index contributed by atoms with van der Waals surface area (Å²) in [4.78, 5) is 0. The van der Waals surface area contributed by atoms with Crippen molar-refractivity contribution in [1.29, 1.82) is 0 Å². The summed E-state index contributed by atoms with van der Waals surface area (Å²) in [6.45, 7) is 4.19. The van der Waals surface area contributed by atoms with Gasteiger partial charge in [-0.05, 0) is 31.7 Å². The predicted molar refractivity (Wildman–Crippen MR) is 72.2 cm³/mol. The molecule has 0 aromatic carbocycles. The van der Waals surface area contributed by atoms with Crippen LogP contribution in [-0.2, 0) is 13.1 Å². The van der Waals surface area contributed by atoms with Crippen LogP contribution in [0.5, 0.6) is 0 Å². The Morgan fingerprint density at radius 3 is 3.00 bits per heavy atom. The van der Waals surface area contributed by atoms with Gasteiger partial charge in [-0.25, -0.2) is 0 Å². The van der Waals surface area contributed by atoms with Gasteiger partial charge in [0.2, 0.25) is 0 Å². The highest BCUT2D eigenvalue weighted by Crippen LogP contribution is 2.23. The minimum Gasteiger partial charge on any atom is -0.396 e. The molecule has 2 N–H and O–H groups in total. The van der Waals surface area contributed by atoms with Gasteiger partial charge in [0, 0.05) is 31.9 Å². The van der Waals surface area contributed by atoms with Gasteiger partial charge in [0.1, 0.15) is 0 Å². The third kappa shape index (κ3) is 3.33. The minimum atomic E-state index is 0.310. The van der Waals surface area contributed by atoms with Crippen LogP contribution in [0, 0.1) is 5.92 Å². The van der Waals surface area contributed by atoms with Crippen LogP contribution in [-0.4, -0.2) is 27.5 Å². The van der Waals surface area contributed by atoms with Crippen LogP contribution in [0.1, 0.15) is 44.7 Å². The van der Waals surface area contributed by atoms with Crippen molar-refractivity contribution in [2.75, 3.05) is 6.61 Å². The summed E-state index contributed by atoms with van der Waals surface area (Å²) in [5.74, 6) is 0.422. The first-order valence-corrected chi connectivity index (χ1v) is 7.20. The number of nitrogens with zero attached hydrogens (tertiary/aromatic N) is 2. The summed E-state index contributed by atoms with van der Waals surface area (Å²) < 4.78 is 2.03. The Labute approximate surface area is 109 Å². The molecule has 4 heteroatoms. The summed E-state index contributed by atoms with van der Waals surface area (Å²) >= 11 is 0. The fraction of sp³-hybridized carbons (Fsp3) is 0.786. The van der Waals surface area contributed by atoms with Crippen LogP contribution in [0.2, 0.25) is 0 Å². The summed E-state index contributed by atoms with van der Waals surface area (Å²) in [6, 6.07) is 2.53. The smallest absolute Gasteiger partial charge is 0.0522 e.